The van der Waals surface area contributed by atoms with Crippen molar-refractivity contribution in [1.82, 2.24) is 5.16 Å². The number of hydrogen-bond donors (Lipinski definition) is 0. The Morgan fingerprint density at radius 2 is 2.62 bits per heavy atom. The van der Waals surface area contributed by atoms with Crippen molar-refractivity contribution in [2.24, 2.45) is 0 Å². The second kappa shape index (κ2) is 2.05. The zero-order chi connectivity index (χ0) is 5.98. The maximum Gasteiger partial charge on any atom is 0.329 e. The molecule has 0 bridgehead atoms. The summed E-state index contributed by atoms with van der Waals surface area (Å²) in [6.07, 6.45) is 1.38. The van der Waals surface area contributed by atoms with Gasteiger partial charge in [0.2, 0.25) is 0 Å². The summed E-state index contributed by atoms with van der Waals surface area (Å²) < 4.78 is 9.13. The maximum atomic E-state index is 5.46. The lowest BCUT2D eigenvalue weighted by Crippen LogP contribution is -1.77. The van der Waals surface area contributed by atoms with E-state index in [4.69, 9.17) is 11.6 Å². The first-order valence-electron chi connectivity index (χ1n) is 1.98. The van der Waals surface area contributed by atoms with E-state index in [-0.39, 0.29) is 5.95 Å². The van der Waals surface area contributed by atoms with Crippen LogP contribution in [0.25, 0.3) is 0 Å². The SMILES string of the molecule is COc1oncc1Cl. The van der Waals surface area contributed by atoms with Crippen LogP contribution in [0.1, 0.15) is 0 Å². The monoisotopic (exact) mass is 133 g/mol. The number of nitrogens with zero attached hydrogens (tertiary/aromatic N) is 1. The predicted octanol–water partition coefficient (Wildman–Crippen LogP) is 1.34. The quantitative estimate of drug-likeness (QED) is 0.580. The lowest BCUT2D eigenvalue weighted by atomic mass is 10.7. The van der Waals surface area contributed by atoms with Gasteiger partial charge in [0.25, 0.3) is 0 Å². The zero-order valence-corrected chi connectivity index (χ0v) is 4.97. The summed E-state index contributed by atoms with van der Waals surface area (Å²) in [5, 5.41) is 3.76. The molecule has 0 aliphatic rings. The standard InChI is InChI=1S/C4H4ClNO2/c1-7-4-3(5)2-6-8-4/h2H,1H3. The van der Waals surface area contributed by atoms with Crippen LogP contribution in [0.2, 0.25) is 5.02 Å². The van der Waals surface area contributed by atoms with E-state index < -0.39 is 0 Å². The molecule has 0 atom stereocenters. The maximum absolute atomic E-state index is 5.46. The Labute approximate surface area is 51.2 Å². The Bertz CT molecular complexity index is 174. The summed E-state index contributed by atoms with van der Waals surface area (Å²) in [5.74, 6) is 0.256. The Kier molecular flexibility index (Phi) is 1.39. The number of aromatic nitrogens is 1. The van der Waals surface area contributed by atoms with Crippen molar-refractivity contribution >= 4 is 11.6 Å². The minimum Gasteiger partial charge on any atom is -0.466 e. The highest BCUT2D eigenvalue weighted by Crippen LogP contribution is 2.21. The fourth-order valence-electron chi connectivity index (χ4n) is 0.352. The summed E-state index contributed by atoms with van der Waals surface area (Å²) in [6.45, 7) is 0. The van der Waals surface area contributed by atoms with Crippen molar-refractivity contribution in [3.63, 3.8) is 0 Å². The van der Waals surface area contributed by atoms with Crippen LogP contribution in [0.15, 0.2) is 10.7 Å². The first-order valence-corrected chi connectivity index (χ1v) is 2.36. The summed E-state index contributed by atoms with van der Waals surface area (Å²) in [7, 11) is 1.46. The van der Waals surface area contributed by atoms with Crippen molar-refractivity contribution in [3.05, 3.63) is 11.2 Å². The highest BCUT2D eigenvalue weighted by Gasteiger charge is 2.01. The van der Waals surface area contributed by atoms with E-state index in [1.807, 2.05) is 0 Å². The molecular weight excluding hydrogens is 130 g/mol. The average Bonchev–Trinajstić information content (AvgIpc) is 2.14. The molecule has 3 nitrogen and oxygen atoms in total. The van der Waals surface area contributed by atoms with Crippen LogP contribution < -0.4 is 4.74 Å². The molecule has 0 aliphatic carbocycles. The van der Waals surface area contributed by atoms with Crippen LogP contribution in [0, 0.1) is 0 Å². The van der Waals surface area contributed by atoms with Crippen molar-refractivity contribution in [1.29, 1.82) is 0 Å². The van der Waals surface area contributed by atoms with Gasteiger partial charge in [0.15, 0.2) is 0 Å². The smallest absolute Gasteiger partial charge is 0.329 e. The Morgan fingerprint density at radius 1 is 1.88 bits per heavy atom. The lowest BCUT2D eigenvalue weighted by Gasteiger charge is -1.86. The molecule has 44 valence electrons. The number of methoxy groups -OCH3 is 1. The second-order valence-corrected chi connectivity index (χ2v) is 1.57. The molecule has 1 aromatic rings. The van der Waals surface area contributed by atoms with Gasteiger partial charge in [-0.3, -0.25) is 0 Å². The van der Waals surface area contributed by atoms with Crippen LogP contribution in [0.5, 0.6) is 5.95 Å². The Balaban J connectivity index is 2.92. The van der Waals surface area contributed by atoms with Gasteiger partial charge in [-0.2, -0.15) is 0 Å². The number of ether oxygens (including phenoxy) is 1. The lowest BCUT2D eigenvalue weighted by molar-refractivity contribution is 0.261. The fourth-order valence-corrected chi connectivity index (χ4v) is 0.503. The molecule has 0 unspecified atom stereocenters. The highest BCUT2D eigenvalue weighted by atomic mass is 35.5. The topological polar surface area (TPSA) is 35.3 Å². The largest absolute Gasteiger partial charge is 0.466 e. The predicted molar refractivity (Wildman–Crippen MR) is 28.1 cm³/mol. The van der Waals surface area contributed by atoms with Gasteiger partial charge < -0.3 is 9.26 Å². The van der Waals surface area contributed by atoms with Crippen molar-refractivity contribution in [3.8, 4) is 5.95 Å². The fraction of sp³-hybridized carbons (Fsp3) is 0.250. The van der Waals surface area contributed by atoms with Gasteiger partial charge >= 0.3 is 5.95 Å². The molecule has 0 aliphatic heterocycles. The molecule has 0 aromatic carbocycles. The van der Waals surface area contributed by atoms with Gasteiger partial charge in [-0.15, -0.1) is 0 Å². The molecule has 0 N–H and O–H groups in total. The molecule has 4 heteroatoms. The average molecular weight is 134 g/mol. The van der Waals surface area contributed by atoms with E-state index in [2.05, 4.69) is 14.4 Å². The van der Waals surface area contributed by atoms with Gasteiger partial charge in [0.1, 0.15) is 5.02 Å². The Hall–Kier alpha value is -0.700. The third-order valence-corrected chi connectivity index (χ3v) is 0.934. The van der Waals surface area contributed by atoms with E-state index >= 15 is 0 Å². The van der Waals surface area contributed by atoms with E-state index in [9.17, 15) is 0 Å². The molecule has 0 spiro atoms. The van der Waals surface area contributed by atoms with Gasteiger partial charge in [-0.25, -0.2) is 0 Å². The Morgan fingerprint density at radius 3 is 2.88 bits per heavy atom. The summed E-state index contributed by atoms with van der Waals surface area (Å²) in [5.41, 5.74) is 0. The van der Waals surface area contributed by atoms with E-state index in [1.54, 1.807) is 0 Å². The van der Waals surface area contributed by atoms with Crippen LogP contribution in [-0.2, 0) is 0 Å². The van der Waals surface area contributed by atoms with E-state index in [1.165, 1.54) is 13.3 Å². The molecule has 1 rings (SSSR count). The molecule has 1 heterocycles. The minimum atomic E-state index is 0.256. The molecule has 0 radical (unpaired) electrons. The summed E-state index contributed by atoms with van der Waals surface area (Å²) >= 11 is 5.46. The number of hydrogen-bond acceptors (Lipinski definition) is 3. The number of halogens is 1. The second-order valence-electron chi connectivity index (χ2n) is 1.17. The van der Waals surface area contributed by atoms with E-state index in [0.29, 0.717) is 5.02 Å². The van der Waals surface area contributed by atoms with E-state index in [0.717, 1.165) is 0 Å². The number of rotatable bonds is 1. The van der Waals surface area contributed by atoms with Gasteiger partial charge in [0, 0.05) is 0 Å². The third kappa shape index (κ3) is 0.767. The van der Waals surface area contributed by atoms with Gasteiger partial charge in [-0.05, 0) is 0 Å². The van der Waals surface area contributed by atoms with Crippen molar-refractivity contribution < 1.29 is 9.26 Å². The van der Waals surface area contributed by atoms with Crippen LogP contribution in [-0.4, -0.2) is 12.3 Å². The van der Waals surface area contributed by atoms with Crippen LogP contribution >= 0.6 is 11.6 Å². The van der Waals surface area contributed by atoms with Crippen molar-refractivity contribution in [2.45, 2.75) is 0 Å². The molecule has 0 amide bonds. The van der Waals surface area contributed by atoms with Gasteiger partial charge in [0.05, 0.1) is 13.3 Å². The minimum absolute atomic E-state index is 0.256. The molecule has 1 aromatic heterocycles. The molecular formula is C4H4ClNO2. The summed E-state index contributed by atoms with van der Waals surface area (Å²) in [4.78, 5) is 0. The zero-order valence-electron chi connectivity index (χ0n) is 4.22. The third-order valence-electron chi connectivity index (χ3n) is 0.682. The molecule has 8 heavy (non-hydrogen) atoms. The van der Waals surface area contributed by atoms with Gasteiger partial charge in [-0.1, -0.05) is 16.8 Å². The van der Waals surface area contributed by atoms with Crippen molar-refractivity contribution in [2.75, 3.05) is 7.11 Å². The van der Waals surface area contributed by atoms with Crippen LogP contribution in [0.3, 0.4) is 0 Å². The first kappa shape index (κ1) is 5.44. The molecule has 0 saturated heterocycles. The summed E-state index contributed by atoms with van der Waals surface area (Å²) in [6, 6.07) is 0. The molecule has 0 fully saturated rings. The van der Waals surface area contributed by atoms with Crippen LogP contribution in [0.4, 0.5) is 0 Å². The normalized spacial score (nSPS) is 9.25. The highest BCUT2D eigenvalue weighted by molar-refractivity contribution is 6.31. The molecule has 0 saturated carbocycles. The first-order chi connectivity index (χ1) is 3.84.